The third-order valence-electron chi connectivity index (χ3n) is 5.17. The van der Waals surface area contributed by atoms with Crippen LogP contribution in [-0.2, 0) is 14.3 Å². The number of aromatic nitrogens is 1. The summed E-state index contributed by atoms with van der Waals surface area (Å²) in [6.45, 7) is 2.85. The maximum atomic E-state index is 12.8. The lowest BCUT2D eigenvalue weighted by atomic mass is 10.0. The van der Waals surface area contributed by atoms with E-state index in [1.807, 2.05) is 55.5 Å². The molecule has 0 radical (unpaired) electrons. The van der Waals surface area contributed by atoms with Crippen LogP contribution in [0.2, 0.25) is 0 Å². The number of hydrogen-bond donors (Lipinski definition) is 1. The van der Waals surface area contributed by atoms with Crippen LogP contribution in [0.15, 0.2) is 54.6 Å². The normalized spacial score (nSPS) is 15.8. The van der Waals surface area contributed by atoms with Crippen molar-refractivity contribution in [2.24, 2.45) is 0 Å². The number of esters is 1. The molecule has 2 aromatic carbocycles. The first-order valence-corrected chi connectivity index (χ1v) is 10.1. The maximum Gasteiger partial charge on any atom is 0.339 e. The Morgan fingerprint density at radius 3 is 2.73 bits per heavy atom. The number of hydrogen-bond acceptors (Lipinski definition) is 5. The van der Waals surface area contributed by atoms with Gasteiger partial charge in [0.1, 0.15) is 0 Å². The summed E-state index contributed by atoms with van der Waals surface area (Å²) in [6, 6.07) is 17.1. The van der Waals surface area contributed by atoms with Crippen molar-refractivity contribution in [2.45, 2.75) is 25.9 Å². The molecule has 0 spiro atoms. The van der Waals surface area contributed by atoms with Gasteiger partial charge in [0.2, 0.25) is 0 Å². The molecule has 1 N–H and O–H groups in total. The van der Waals surface area contributed by atoms with Crippen LogP contribution in [0.5, 0.6) is 0 Å². The molecule has 154 valence electrons. The van der Waals surface area contributed by atoms with Crippen LogP contribution >= 0.6 is 0 Å². The number of rotatable bonds is 6. The standard InChI is InChI=1S/C24H24N2O4/c1-16-8-10-17(11-9-16)22-13-20(19-6-2-3-7-21(19)26-22)24(28)30-15-23(27)25-14-18-5-4-12-29-18/h2-3,6-11,13,18H,4-5,12,14-15H2,1H3,(H,25,27). The van der Waals surface area contributed by atoms with E-state index in [0.717, 1.165) is 30.6 Å². The smallest absolute Gasteiger partial charge is 0.339 e. The van der Waals surface area contributed by atoms with Gasteiger partial charge in [-0.1, -0.05) is 48.0 Å². The second-order valence-electron chi connectivity index (χ2n) is 7.45. The molecule has 1 amide bonds. The van der Waals surface area contributed by atoms with Gasteiger partial charge in [-0.05, 0) is 31.9 Å². The van der Waals surface area contributed by atoms with Crippen molar-refractivity contribution < 1.29 is 19.1 Å². The molecule has 30 heavy (non-hydrogen) atoms. The van der Waals surface area contributed by atoms with Gasteiger partial charge in [0.15, 0.2) is 6.61 Å². The zero-order valence-electron chi connectivity index (χ0n) is 16.9. The van der Waals surface area contributed by atoms with E-state index in [0.29, 0.717) is 28.7 Å². The molecule has 1 saturated heterocycles. The van der Waals surface area contributed by atoms with Gasteiger partial charge in [0.05, 0.1) is 22.9 Å². The average Bonchev–Trinajstić information content (AvgIpc) is 3.29. The monoisotopic (exact) mass is 404 g/mol. The number of pyridine rings is 1. The maximum absolute atomic E-state index is 12.8. The SMILES string of the molecule is Cc1ccc(-c2cc(C(=O)OCC(=O)NCC3CCCO3)c3ccccc3n2)cc1. The molecule has 6 heteroatoms. The number of benzene rings is 2. The van der Waals surface area contributed by atoms with Crippen molar-refractivity contribution in [1.29, 1.82) is 0 Å². The summed E-state index contributed by atoms with van der Waals surface area (Å²) in [7, 11) is 0. The quantitative estimate of drug-likeness (QED) is 0.635. The Kier molecular flexibility index (Phi) is 6.05. The minimum atomic E-state index is -0.547. The number of nitrogens with zero attached hydrogens (tertiary/aromatic N) is 1. The van der Waals surface area contributed by atoms with Crippen molar-refractivity contribution in [3.63, 3.8) is 0 Å². The van der Waals surface area contributed by atoms with Crippen LogP contribution in [0.1, 0.15) is 28.8 Å². The molecule has 1 atom stereocenters. The fourth-order valence-corrected chi connectivity index (χ4v) is 3.51. The van der Waals surface area contributed by atoms with Gasteiger partial charge in [-0.25, -0.2) is 9.78 Å². The van der Waals surface area contributed by atoms with E-state index in [4.69, 9.17) is 9.47 Å². The lowest BCUT2D eigenvalue weighted by Gasteiger charge is -2.12. The number of carbonyl (C=O) groups excluding carboxylic acids is 2. The fraction of sp³-hybridized carbons (Fsp3) is 0.292. The van der Waals surface area contributed by atoms with E-state index >= 15 is 0 Å². The molecule has 1 aliphatic heterocycles. The van der Waals surface area contributed by atoms with Gasteiger partial charge in [-0.2, -0.15) is 0 Å². The highest BCUT2D eigenvalue weighted by Gasteiger charge is 2.18. The molecule has 1 aromatic heterocycles. The molecule has 4 rings (SSSR count). The van der Waals surface area contributed by atoms with Crippen LogP contribution in [0.4, 0.5) is 0 Å². The Morgan fingerprint density at radius 1 is 1.17 bits per heavy atom. The predicted octanol–water partition coefficient (Wildman–Crippen LogP) is 3.66. The van der Waals surface area contributed by atoms with Gasteiger partial charge >= 0.3 is 5.97 Å². The van der Waals surface area contributed by atoms with Gasteiger partial charge in [0, 0.05) is 24.1 Å². The van der Waals surface area contributed by atoms with E-state index < -0.39 is 5.97 Å². The van der Waals surface area contributed by atoms with Crippen LogP contribution in [0, 0.1) is 6.92 Å². The lowest BCUT2D eigenvalue weighted by molar-refractivity contribution is -0.124. The molecule has 1 aliphatic rings. The molecule has 1 unspecified atom stereocenters. The molecular formula is C24H24N2O4. The number of ether oxygens (including phenoxy) is 2. The van der Waals surface area contributed by atoms with E-state index in [2.05, 4.69) is 10.3 Å². The molecule has 3 aromatic rings. The third kappa shape index (κ3) is 4.66. The van der Waals surface area contributed by atoms with Crippen LogP contribution in [0.25, 0.3) is 22.2 Å². The molecule has 2 heterocycles. The largest absolute Gasteiger partial charge is 0.452 e. The zero-order valence-corrected chi connectivity index (χ0v) is 16.9. The molecule has 0 aliphatic carbocycles. The number of nitrogens with one attached hydrogen (secondary N) is 1. The summed E-state index contributed by atoms with van der Waals surface area (Å²) in [5.41, 5.74) is 3.83. The molecule has 1 fully saturated rings. The summed E-state index contributed by atoms with van der Waals surface area (Å²) in [5, 5.41) is 3.45. The molecule has 0 saturated carbocycles. The minimum Gasteiger partial charge on any atom is -0.452 e. The van der Waals surface area contributed by atoms with Crippen molar-refractivity contribution in [3.8, 4) is 11.3 Å². The fourth-order valence-electron chi connectivity index (χ4n) is 3.51. The summed E-state index contributed by atoms with van der Waals surface area (Å²) in [4.78, 5) is 29.6. The molecule has 6 nitrogen and oxygen atoms in total. The van der Waals surface area contributed by atoms with Crippen LogP contribution < -0.4 is 5.32 Å². The van der Waals surface area contributed by atoms with Gasteiger partial charge < -0.3 is 14.8 Å². The summed E-state index contributed by atoms with van der Waals surface area (Å²) in [5.74, 6) is -0.884. The first kappa shape index (κ1) is 20.0. The van der Waals surface area contributed by atoms with Crippen molar-refractivity contribution in [1.82, 2.24) is 10.3 Å². The Balaban J connectivity index is 1.50. The number of fused-ring (bicyclic) bond motifs is 1. The Bertz CT molecular complexity index is 1060. The van der Waals surface area contributed by atoms with Crippen LogP contribution in [0.3, 0.4) is 0 Å². The Labute approximate surface area is 175 Å². The first-order chi connectivity index (χ1) is 14.6. The summed E-state index contributed by atoms with van der Waals surface area (Å²) < 4.78 is 10.8. The van der Waals surface area contributed by atoms with E-state index in [-0.39, 0.29) is 18.6 Å². The third-order valence-corrected chi connectivity index (χ3v) is 5.17. The highest BCUT2D eigenvalue weighted by atomic mass is 16.5. The topological polar surface area (TPSA) is 77.5 Å². The minimum absolute atomic E-state index is 0.0471. The van der Waals surface area contributed by atoms with Gasteiger partial charge in [-0.3, -0.25) is 4.79 Å². The highest BCUT2D eigenvalue weighted by molar-refractivity contribution is 6.05. The van der Waals surface area contributed by atoms with Crippen molar-refractivity contribution in [2.75, 3.05) is 19.8 Å². The Hall–Kier alpha value is -3.25. The number of para-hydroxylation sites is 1. The van der Waals surface area contributed by atoms with E-state index in [1.54, 1.807) is 6.07 Å². The van der Waals surface area contributed by atoms with Crippen LogP contribution in [-0.4, -0.2) is 42.7 Å². The van der Waals surface area contributed by atoms with Crippen molar-refractivity contribution >= 4 is 22.8 Å². The second-order valence-corrected chi connectivity index (χ2v) is 7.45. The first-order valence-electron chi connectivity index (χ1n) is 10.1. The Morgan fingerprint density at radius 2 is 1.97 bits per heavy atom. The van der Waals surface area contributed by atoms with E-state index in [1.165, 1.54) is 0 Å². The molecular weight excluding hydrogens is 380 g/mol. The van der Waals surface area contributed by atoms with Gasteiger partial charge in [-0.15, -0.1) is 0 Å². The number of aryl methyl sites for hydroxylation is 1. The lowest BCUT2D eigenvalue weighted by Crippen LogP contribution is -2.34. The number of amides is 1. The number of carbonyl (C=O) groups is 2. The van der Waals surface area contributed by atoms with E-state index in [9.17, 15) is 9.59 Å². The predicted molar refractivity (Wildman–Crippen MR) is 114 cm³/mol. The summed E-state index contributed by atoms with van der Waals surface area (Å²) in [6.07, 6.45) is 1.99. The van der Waals surface area contributed by atoms with Gasteiger partial charge in [0.25, 0.3) is 5.91 Å². The summed E-state index contributed by atoms with van der Waals surface area (Å²) >= 11 is 0. The average molecular weight is 404 g/mol. The highest BCUT2D eigenvalue weighted by Crippen LogP contribution is 2.25. The van der Waals surface area contributed by atoms with Crippen molar-refractivity contribution in [3.05, 3.63) is 65.7 Å². The molecule has 0 bridgehead atoms. The zero-order chi connectivity index (χ0) is 20.9. The second kappa shape index (κ2) is 9.05.